The summed E-state index contributed by atoms with van der Waals surface area (Å²) in [7, 11) is 3.02. The molecule has 0 saturated carbocycles. The van der Waals surface area contributed by atoms with Gasteiger partial charge in [-0.1, -0.05) is 18.2 Å². The lowest BCUT2D eigenvalue weighted by molar-refractivity contribution is -0.119. The smallest absolute Gasteiger partial charge is 0.262 e. The molecule has 6 heteroatoms. The number of methoxy groups -OCH3 is 2. The number of benzene rings is 2. The number of nitrogens with two attached hydrogens (primary N) is 1. The fraction of sp³-hybridized carbons (Fsp3) is 0.222. The van der Waals surface area contributed by atoms with E-state index >= 15 is 0 Å². The summed E-state index contributed by atoms with van der Waals surface area (Å²) in [4.78, 5) is 26.4. The van der Waals surface area contributed by atoms with E-state index in [9.17, 15) is 9.59 Å². The van der Waals surface area contributed by atoms with E-state index in [1.54, 1.807) is 18.2 Å². The Kier molecular flexibility index (Phi) is 4.12. The number of rotatable bonds is 4. The van der Waals surface area contributed by atoms with E-state index < -0.39 is 11.9 Å². The Morgan fingerprint density at radius 2 is 1.88 bits per heavy atom. The molecule has 0 spiro atoms. The van der Waals surface area contributed by atoms with Crippen LogP contribution in [-0.4, -0.2) is 32.1 Å². The van der Waals surface area contributed by atoms with Gasteiger partial charge in [0.25, 0.3) is 5.91 Å². The second-order valence-corrected chi connectivity index (χ2v) is 5.49. The van der Waals surface area contributed by atoms with Crippen molar-refractivity contribution in [3.63, 3.8) is 0 Å². The Morgan fingerprint density at radius 1 is 1.12 bits per heavy atom. The molecule has 1 atom stereocenters. The van der Waals surface area contributed by atoms with Gasteiger partial charge in [0.1, 0.15) is 17.5 Å². The van der Waals surface area contributed by atoms with Crippen LogP contribution in [0.3, 0.4) is 0 Å². The van der Waals surface area contributed by atoms with E-state index in [-0.39, 0.29) is 5.91 Å². The number of carbonyl (C=O) groups is 2. The quantitative estimate of drug-likeness (QED) is 0.928. The van der Waals surface area contributed by atoms with Crippen LogP contribution in [0.15, 0.2) is 42.5 Å². The number of nitrogens with zero attached hydrogens (tertiary/aromatic N) is 1. The number of para-hydroxylation sites is 1. The van der Waals surface area contributed by atoms with Gasteiger partial charge in [-0.3, -0.25) is 14.5 Å². The lowest BCUT2D eigenvalue weighted by Gasteiger charge is -2.24. The monoisotopic (exact) mass is 326 g/mol. The normalized spacial score (nSPS) is 15.8. The third kappa shape index (κ3) is 2.56. The zero-order valence-corrected chi connectivity index (χ0v) is 13.5. The van der Waals surface area contributed by atoms with Gasteiger partial charge in [-0.15, -0.1) is 0 Å². The fourth-order valence-electron chi connectivity index (χ4n) is 2.97. The highest BCUT2D eigenvalue weighted by molar-refractivity contribution is 6.12. The van der Waals surface area contributed by atoms with Gasteiger partial charge in [0, 0.05) is 18.2 Å². The Balaban J connectivity index is 2.06. The molecule has 0 unspecified atom stereocenters. The third-order valence-electron chi connectivity index (χ3n) is 4.16. The third-order valence-corrected chi connectivity index (χ3v) is 4.16. The molecule has 0 saturated heterocycles. The molecule has 2 amide bonds. The molecule has 1 aliphatic rings. The lowest BCUT2D eigenvalue weighted by atomic mass is 10.1. The molecule has 0 fully saturated rings. The molecule has 1 aliphatic heterocycles. The number of ether oxygens (including phenoxy) is 2. The van der Waals surface area contributed by atoms with Gasteiger partial charge in [0.2, 0.25) is 5.91 Å². The van der Waals surface area contributed by atoms with Gasteiger partial charge < -0.3 is 15.2 Å². The largest absolute Gasteiger partial charge is 0.497 e. The molecule has 0 aliphatic carbocycles. The van der Waals surface area contributed by atoms with E-state index in [0.29, 0.717) is 29.2 Å². The van der Waals surface area contributed by atoms with Crippen molar-refractivity contribution < 1.29 is 19.1 Å². The molecule has 2 aromatic rings. The Hall–Kier alpha value is -3.02. The van der Waals surface area contributed by atoms with E-state index in [2.05, 4.69) is 0 Å². The summed E-state index contributed by atoms with van der Waals surface area (Å²) in [6.07, 6.45) is 0.412. The first-order chi connectivity index (χ1) is 11.6. The van der Waals surface area contributed by atoms with Crippen molar-refractivity contribution in [3.8, 4) is 11.5 Å². The summed E-state index contributed by atoms with van der Waals surface area (Å²) in [6, 6.07) is 11.6. The van der Waals surface area contributed by atoms with Crippen LogP contribution in [0, 0.1) is 0 Å². The first-order valence-corrected chi connectivity index (χ1v) is 7.49. The van der Waals surface area contributed by atoms with Crippen LogP contribution in [0.25, 0.3) is 0 Å². The van der Waals surface area contributed by atoms with Gasteiger partial charge in [-0.2, -0.15) is 0 Å². The molecule has 0 bridgehead atoms. The van der Waals surface area contributed by atoms with Crippen LogP contribution in [0.5, 0.6) is 11.5 Å². The summed E-state index contributed by atoms with van der Waals surface area (Å²) in [5.41, 5.74) is 7.48. The molecule has 124 valence electrons. The minimum atomic E-state index is -0.707. The number of fused-ring (bicyclic) bond motifs is 1. The highest BCUT2D eigenvalue weighted by Gasteiger charge is 2.38. The Bertz CT molecular complexity index is 803. The second kappa shape index (κ2) is 6.23. The standard InChI is InChI=1S/C18H18N2O4/c1-23-12-7-8-13(16(10-12)24-2)18(22)20-14-6-4-3-5-11(14)9-15(20)17(19)21/h3-8,10,15H,9H2,1-2H3,(H2,19,21)/t15-/m1/s1. The van der Waals surface area contributed by atoms with Crippen LogP contribution in [0.1, 0.15) is 15.9 Å². The zero-order valence-electron chi connectivity index (χ0n) is 13.5. The predicted octanol–water partition coefficient (Wildman–Crippen LogP) is 1.76. The molecule has 0 radical (unpaired) electrons. The predicted molar refractivity (Wildman–Crippen MR) is 89.5 cm³/mol. The highest BCUT2D eigenvalue weighted by atomic mass is 16.5. The first kappa shape index (κ1) is 15.9. The van der Waals surface area contributed by atoms with Crippen molar-refractivity contribution >= 4 is 17.5 Å². The minimum absolute atomic E-state index is 0.330. The maximum Gasteiger partial charge on any atom is 0.262 e. The van der Waals surface area contributed by atoms with Crippen molar-refractivity contribution in [2.24, 2.45) is 5.73 Å². The van der Waals surface area contributed by atoms with Gasteiger partial charge in [0.15, 0.2) is 0 Å². The van der Waals surface area contributed by atoms with E-state index in [4.69, 9.17) is 15.2 Å². The topological polar surface area (TPSA) is 81.9 Å². The van der Waals surface area contributed by atoms with E-state index in [1.165, 1.54) is 19.1 Å². The number of hydrogen-bond acceptors (Lipinski definition) is 4. The van der Waals surface area contributed by atoms with Crippen molar-refractivity contribution in [2.45, 2.75) is 12.5 Å². The second-order valence-electron chi connectivity index (χ2n) is 5.49. The fourth-order valence-corrected chi connectivity index (χ4v) is 2.97. The Morgan fingerprint density at radius 3 is 2.54 bits per heavy atom. The van der Waals surface area contributed by atoms with Gasteiger partial charge in [0.05, 0.1) is 19.8 Å². The maximum absolute atomic E-state index is 13.1. The average Bonchev–Trinajstić information content (AvgIpc) is 3.00. The molecule has 2 N–H and O–H groups in total. The van der Waals surface area contributed by atoms with Gasteiger partial charge in [-0.25, -0.2) is 0 Å². The van der Waals surface area contributed by atoms with Crippen LogP contribution >= 0.6 is 0 Å². The van der Waals surface area contributed by atoms with Crippen molar-refractivity contribution in [1.82, 2.24) is 0 Å². The number of primary amides is 1. The summed E-state index contributed by atoms with van der Waals surface area (Å²) >= 11 is 0. The molecule has 24 heavy (non-hydrogen) atoms. The molecule has 2 aromatic carbocycles. The lowest BCUT2D eigenvalue weighted by Crippen LogP contribution is -2.46. The van der Waals surface area contributed by atoms with Crippen LogP contribution in [-0.2, 0) is 11.2 Å². The van der Waals surface area contributed by atoms with Crippen LogP contribution in [0.4, 0.5) is 5.69 Å². The molecular weight excluding hydrogens is 308 g/mol. The van der Waals surface area contributed by atoms with E-state index in [0.717, 1.165) is 5.56 Å². The summed E-state index contributed by atoms with van der Waals surface area (Å²) in [5, 5.41) is 0. The molecular formula is C18H18N2O4. The number of hydrogen-bond donors (Lipinski definition) is 1. The molecule has 0 aromatic heterocycles. The molecule has 3 rings (SSSR count). The SMILES string of the molecule is COc1ccc(C(=O)N2c3ccccc3C[C@@H]2C(N)=O)c(OC)c1. The van der Waals surface area contributed by atoms with Crippen molar-refractivity contribution in [3.05, 3.63) is 53.6 Å². The average molecular weight is 326 g/mol. The summed E-state index contributed by atoms with van der Waals surface area (Å²) in [6.45, 7) is 0. The van der Waals surface area contributed by atoms with Crippen LogP contribution < -0.4 is 20.1 Å². The van der Waals surface area contributed by atoms with Crippen LogP contribution in [0.2, 0.25) is 0 Å². The van der Waals surface area contributed by atoms with E-state index in [1.807, 2.05) is 24.3 Å². The maximum atomic E-state index is 13.1. The molecule has 6 nitrogen and oxygen atoms in total. The molecule has 1 heterocycles. The zero-order chi connectivity index (χ0) is 17.3. The first-order valence-electron chi connectivity index (χ1n) is 7.49. The van der Waals surface area contributed by atoms with Gasteiger partial charge >= 0.3 is 0 Å². The highest BCUT2D eigenvalue weighted by Crippen LogP contribution is 2.35. The number of anilines is 1. The number of carbonyl (C=O) groups excluding carboxylic acids is 2. The number of amides is 2. The van der Waals surface area contributed by atoms with Crippen molar-refractivity contribution in [2.75, 3.05) is 19.1 Å². The van der Waals surface area contributed by atoms with Gasteiger partial charge in [-0.05, 0) is 23.8 Å². The Labute approximate surface area is 139 Å². The minimum Gasteiger partial charge on any atom is -0.497 e. The summed E-state index contributed by atoms with van der Waals surface area (Å²) < 4.78 is 10.5. The van der Waals surface area contributed by atoms with Crippen molar-refractivity contribution in [1.29, 1.82) is 0 Å². The summed E-state index contributed by atoms with van der Waals surface area (Å²) in [5.74, 6) is 0.0962.